The van der Waals surface area contributed by atoms with E-state index in [4.69, 9.17) is 5.26 Å². The molecule has 0 saturated heterocycles. The third kappa shape index (κ3) is 3.18. The molecule has 0 aromatic carbocycles. The van der Waals surface area contributed by atoms with Crippen LogP contribution in [-0.2, 0) is 0 Å². The molecule has 1 rings (SSSR count). The highest BCUT2D eigenvalue weighted by Gasteiger charge is 2.43. The van der Waals surface area contributed by atoms with Gasteiger partial charge in [0.25, 0.3) is 0 Å². The topological polar surface area (TPSA) is 27.0 Å². The highest BCUT2D eigenvalue weighted by molar-refractivity contribution is 7.98. The van der Waals surface area contributed by atoms with Crippen LogP contribution < -0.4 is 0 Å². The first-order chi connectivity index (χ1) is 6.63. The standard InChI is InChI=1S/C11H20N2S/c1-10(8-14-3)13(2)9-11(4-5-11)6-7-12/h10H,4-6,8-9H2,1-3H3. The average molecular weight is 212 g/mol. The summed E-state index contributed by atoms with van der Waals surface area (Å²) in [6.45, 7) is 3.36. The number of hydrogen-bond acceptors (Lipinski definition) is 3. The lowest BCUT2D eigenvalue weighted by atomic mass is 10.0. The molecule has 1 unspecified atom stereocenters. The maximum Gasteiger partial charge on any atom is 0.0628 e. The Morgan fingerprint density at radius 3 is 2.64 bits per heavy atom. The third-order valence-electron chi connectivity index (χ3n) is 3.16. The summed E-state index contributed by atoms with van der Waals surface area (Å²) in [5.41, 5.74) is 0.357. The molecule has 0 bridgehead atoms. The van der Waals surface area contributed by atoms with Crippen molar-refractivity contribution in [2.45, 2.75) is 32.2 Å². The van der Waals surface area contributed by atoms with Crippen LogP contribution in [0.25, 0.3) is 0 Å². The molecule has 0 amide bonds. The number of hydrogen-bond donors (Lipinski definition) is 0. The molecule has 0 N–H and O–H groups in total. The van der Waals surface area contributed by atoms with Crippen molar-refractivity contribution in [1.82, 2.24) is 4.90 Å². The van der Waals surface area contributed by atoms with Crippen LogP contribution in [0.15, 0.2) is 0 Å². The van der Waals surface area contributed by atoms with Gasteiger partial charge in [-0.3, -0.25) is 0 Å². The number of nitriles is 1. The van der Waals surface area contributed by atoms with Crippen molar-refractivity contribution in [3.63, 3.8) is 0 Å². The lowest BCUT2D eigenvalue weighted by Crippen LogP contribution is -2.35. The first kappa shape index (κ1) is 11.9. The lowest BCUT2D eigenvalue weighted by Gasteiger charge is -2.27. The zero-order chi connectivity index (χ0) is 10.6. The summed E-state index contributed by atoms with van der Waals surface area (Å²) in [6.07, 6.45) is 5.38. The molecular weight excluding hydrogens is 192 g/mol. The summed E-state index contributed by atoms with van der Waals surface area (Å²) in [5.74, 6) is 1.18. The Balaban J connectivity index is 2.33. The van der Waals surface area contributed by atoms with Crippen molar-refractivity contribution in [1.29, 1.82) is 5.26 Å². The first-order valence-corrected chi connectivity index (χ1v) is 6.59. The van der Waals surface area contributed by atoms with Crippen molar-refractivity contribution in [2.24, 2.45) is 5.41 Å². The van der Waals surface area contributed by atoms with Crippen LogP contribution in [0, 0.1) is 16.7 Å². The number of rotatable bonds is 6. The molecule has 0 aliphatic heterocycles. The second-order valence-corrected chi connectivity index (χ2v) is 5.47. The molecule has 1 atom stereocenters. The van der Waals surface area contributed by atoms with Gasteiger partial charge in [-0.15, -0.1) is 0 Å². The van der Waals surface area contributed by atoms with E-state index in [-0.39, 0.29) is 0 Å². The smallest absolute Gasteiger partial charge is 0.0628 e. The highest BCUT2D eigenvalue weighted by Crippen LogP contribution is 2.49. The molecule has 14 heavy (non-hydrogen) atoms. The minimum absolute atomic E-state index is 0.357. The van der Waals surface area contributed by atoms with E-state index in [2.05, 4.69) is 31.2 Å². The molecule has 0 spiro atoms. The molecule has 0 radical (unpaired) electrons. The van der Waals surface area contributed by atoms with E-state index in [0.29, 0.717) is 11.5 Å². The van der Waals surface area contributed by atoms with Gasteiger partial charge in [-0.05, 0) is 38.5 Å². The quantitative estimate of drug-likeness (QED) is 0.676. The van der Waals surface area contributed by atoms with Crippen LogP contribution in [-0.4, -0.2) is 36.5 Å². The van der Waals surface area contributed by atoms with Gasteiger partial charge in [0, 0.05) is 24.8 Å². The molecule has 0 heterocycles. The Bertz CT molecular complexity index is 218. The largest absolute Gasteiger partial charge is 0.302 e. The van der Waals surface area contributed by atoms with E-state index in [9.17, 15) is 0 Å². The van der Waals surface area contributed by atoms with Crippen LogP contribution in [0.4, 0.5) is 0 Å². The van der Waals surface area contributed by atoms with Crippen molar-refractivity contribution >= 4 is 11.8 Å². The fourth-order valence-electron chi connectivity index (χ4n) is 1.79. The zero-order valence-corrected chi connectivity index (χ0v) is 10.2. The summed E-state index contributed by atoms with van der Waals surface area (Å²) >= 11 is 1.89. The maximum atomic E-state index is 8.72. The van der Waals surface area contributed by atoms with Gasteiger partial charge in [-0.1, -0.05) is 0 Å². The predicted molar refractivity (Wildman–Crippen MR) is 62.4 cm³/mol. The molecule has 0 aromatic heterocycles. The molecule has 1 aliphatic carbocycles. The van der Waals surface area contributed by atoms with Crippen LogP contribution in [0.5, 0.6) is 0 Å². The van der Waals surface area contributed by atoms with Gasteiger partial charge in [-0.2, -0.15) is 17.0 Å². The fourth-order valence-corrected chi connectivity index (χ4v) is 2.53. The van der Waals surface area contributed by atoms with E-state index in [1.807, 2.05) is 11.8 Å². The van der Waals surface area contributed by atoms with E-state index in [1.54, 1.807) is 0 Å². The van der Waals surface area contributed by atoms with Crippen LogP contribution in [0.2, 0.25) is 0 Å². The van der Waals surface area contributed by atoms with E-state index < -0.39 is 0 Å². The van der Waals surface area contributed by atoms with Gasteiger partial charge in [0.15, 0.2) is 0 Å². The zero-order valence-electron chi connectivity index (χ0n) is 9.42. The predicted octanol–water partition coefficient (Wildman–Crippen LogP) is 2.36. The molecule has 80 valence electrons. The second-order valence-electron chi connectivity index (χ2n) is 4.55. The SMILES string of the molecule is CSCC(C)N(C)CC1(CC#N)CC1. The number of nitrogens with zero attached hydrogens (tertiary/aromatic N) is 2. The van der Waals surface area contributed by atoms with E-state index in [0.717, 1.165) is 13.0 Å². The van der Waals surface area contributed by atoms with Crippen LogP contribution in [0.1, 0.15) is 26.2 Å². The fraction of sp³-hybridized carbons (Fsp3) is 0.909. The summed E-state index contributed by atoms with van der Waals surface area (Å²) < 4.78 is 0. The average Bonchev–Trinajstić information content (AvgIpc) is 2.86. The summed E-state index contributed by atoms with van der Waals surface area (Å²) in [5, 5.41) is 8.72. The van der Waals surface area contributed by atoms with Gasteiger partial charge in [0.05, 0.1) is 6.07 Å². The Morgan fingerprint density at radius 2 is 2.21 bits per heavy atom. The Hall–Kier alpha value is -0.200. The monoisotopic (exact) mass is 212 g/mol. The van der Waals surface area contributed by atoms with Crippen molar-refractivity contribution < 1.29 is 0 Å². The molecule has 1 fully saturated rings. The second kappa shape index (κ2) is 5.04. The third-order valence-corrected chi connectivity index (χ3v) is 3.97. The minimum Gasteiger partial charge on any atom is -0.302 e. The van der Waals surface area contributed by atoms with E-state index >= 15 is 0 Å². The first-order valence-electron chi connectivity index (χ1n) is 5.20. The molecular formula is C11H20N2S. The Kier molecular flexibility index (Phi) is 4.28. The lowest BCUT2D eigenvalue weighted by molar-refractivity contribution is 0.223. The van der Waals surface area contributed by atoms with Crippen LogP contribution in [0.3, 0.4) is 0 Å². The molecule has 2 nitrogen and oxygen atoms in total. The van der Waals surface area contributed by atoms with Gasteiger partial charge in [0.2, 0.25) is 0 Å². The van der Waals surface area contributed by atoms with Gasteiger partial charge >= 0.3 is 0 Å². The highest BCUT2D eigenvalue weighted by atomic mass is 32.2. The number of thioether (sulfide) groups is 1. The van der Waals surface area contributed by atoms with Crippen molar-refractivity contribution in [2.75, 3.05) is 25.6 Å². The maximum absolute atomic E-state index is 8.72. The summed E-state index contributed by atoms with van der Waals surface area (Å²) in [6, 6.07) is 2.94. The van der Waals surface area contributed by atoms with Gasteiger partial charge < -0.3 is 4.90 Å². The summed E-state index contributed by atoms with van der Waals surface area (Å²) in [7, 11) is 2.18. The molecule has 1 aliphatic rings. The Labute approximate surface area is 91.7 Å². The minimum atomic E-state index is 0.357. The van der Waals surface area contributed by atoms with Gasteiger partial charge in [-0.25, -0.2) is 0 Å². The van der Waals surface area contributed by atoms with E-state index in [1.165, 1.54) is 18.6 Å². The normalized spacial score (nSPS) is 20.5. The summed E-state index contributed by atoms with van der Waals surface area (Å²) in [4.78, 5) is 2.40. The molecule has 0 aromatic rings. The Morgan fingerprint density at radius 1 is 1.57 bits per heavy atom. The van der Waals surface area contributed by atoms with Crippen molar-refractivity contribution in [3.8, 4) is 6.07 Å². The van der Waals surface area contributed by atoms with Crippen LogP contribution >= 0.6 is 11.8 Å². The molecule has 3 heteroatoms. The molecule has 1 saturated carbocycles. The van der Waals surface area contributed by atoms with Crippen molar-refractivity contribution in [3.05, 3.63) is 0 Å². The van der Waals surface area contributed by atoms with Gasteiger partial charge in [0.1, 0.15) is 0 Å².